The normalized spacial score (nSPS) is 24.4. The molecule has 2 aromatic rings. The minimum Gasteiger partial charge on any atom is -0.331 e. The van der Waals surface area contributed by atoms with Gasteiger partial charge in [-0.25, -0.2) is 18.5 Å². The van der Waals surface area contributed by atoms with Gasteiger partial charge in [-0.15, -0.1) is 0 Å². The van der Waals surface area contributed by atoms with Gasteiger partial charge in [-0.05, 0) is 61.6 Å². The summed E-state index contributed by atoms with van der Waals surface area (Å²) < 4.78 is 27.6. The minimum absolute atomic E-state index is 0.0402. The molecule has 3 heterocycles. The van der Waals surface area contributed by atoms with E-state index in [1.165, 1.54) is 30.4 Å². The lowest BCUT2D eigenvalue weighted by Gasteiger charge is -2.40. The summed E-state index contributed by atoms with van der Waals surface area (Å²) in [7, 11) is 0. The van der Waals surface area contributed by atoms with Crippen molar-refractivity contribution in [3.05, 3.63) is 70.3 Å². The standard InChI is InChI=1S/C27H25ClF2N4O3/c28-21-12-23(34-25(36)27(9-10-27)31-26(34)37)17(11-22(21)30)3-8-24(35)33-19-6-7-20(33)15-32(14-19)13-16-1-4-18(29)5-2-16/h1-5,8,11-12,19-20H,6-7,9-10,13-15H2,(H,31,37)/b8-3+. The maximum atomic E-state index is 14.4. The molecular weight excluding hydrogens is 502 g/mol. The summed E-state index contributed by atoms with van der Waals surface area (Å²) in [4.78, 5) is 43.9. The fourth-order valence-electron chi connectivity index (χ4n) is 5.76. The number of halogens is 3. The SMILES string of the molecule is O=C1NC2(CC2)C(=O)N1c1cc(Cl)c(F)cc1/C=C/C(=O)N1C2CCC1CN(Cc1ccc(F)cc1)C2. The molecule has 1 saturated carbocycles. The van der Waals surface area contributed by atoms with Gasteiger partial charge in [0.2, 0.25) is 5.91 Å². The highest BCUT2D eigenvalue weighted by Crippen LogP contribution is 2.43. The molecule has 3 aliphatic heterocycles. The number of likely N-dealkylation sites (tertiary alicyclic amines) is 1. The van der Waals surface area contributed by atoms with Crippen LogP contribution in [0.4, 0.5) is 19.3 Å². The number of imide groups is 1. The van der Waals surface area contributed by atoms with Crippen molar-refractivity contribution in [1.29, 1.82) is 0 Å². The Morgan fingerprint density at radius 1 is 1.08 bits per heavy atom. The lowest BCUT2D eigenvalue weighted by Crippen LogP contribution is -2.55. The van der Waals surface area contributed by atoms with Gasteiger partial charge >= 0.3 is 6.03 Å². The third kappa shape index (κ3) is 4.30. The number of rotatable bonds is 5. The van der Waals surface area contributed by atoms with Crippen LogP contribution in [0.25, 0.3) is 6.08 Å². The number of amides is 4. The van der Waals surface area contributed by atoms with Crippen LogP contribution in [0.2, 0.25) is 5.02 Å². The smallest absolute Gasteiger partial charge is 0.329 e. The maximum Gasteiger partial charge on any atom is 0.329 e. The van der Waals surface area contributed by atoms with Gasteiger partial charge in [0.25, 0.3) is 5.91 Å². The number of urea groups is 1. The van der Waals surface area contributed by atoms with Crippen LogP contribution in [0.5, 0.6) is 0 Å². The van der Waals surface area contributed by atoms with Gasteiger partial charge in [0.1, 0.15) is 17.2 Å². The number of carbonyl (C=O) groups excluding carboxylic acids is 3. The summed E-state index contributed by atoms with van der Waals surface area (Å²) in [5.41, 5.74) is 0.514. The van der Waals surface area contributed by atoms with E-state index >= 15 is 0 Å². The van der Waals surface area contributed by atoms with Gasteiger partial charge in [-0.3, -0.25) is 14.5 Å². The van der Waals surface area contributed by atoms with E-state index < -0.39 is 23.3 Å². The zero-order valence-corrected chi connectivity index (χ0v) is 20.7. The molecule has 192 valence electrons. The van der Waals surface area contributed by atoms with Crippen LogP contribution in [-0.2, 0) is 16.1 Å². The van der Waals surface area contributed by atoms with E-state index in [2.05, 4.69) is 10.2 Å². The highest BCUT2D eigenvalue weighted by molar-refractivity contribution is 6.32. The molecule has 6 rings (SSSR count). The van der Waals surface area contributed by atoms with Crippen molar-refractivity contribution in [3.8, 4) is 0 Å². The zero-order chi connectivity index (χ0) is 25.9. The Labute approximate surface area is 217 Å². The van der Waals surface area contributed by atoms with E-state index in [0.717, 1.165) is 29.4 Å². The van der Waals surface area contributed by atoms with Crippen LogP contribution < -0.4 is 10.2 Å². The predicted octanol–water partition coefficient (Wildman–Crippen LogP) is 4.10. The number of anilines is 1. The Hall–Kier alpha value is -3.30. The van der Waals surface area contributed by atoms with Crippen molar-refractivity contribution in [2.75, 3.05) is 18.0 Å². The van der Waals surface area contributed by atoms with Crippen LogP contribution in [0.1, 0.15) is 36.8 Å². The fourth-order valence-corrected chi connectivity index (χ4v) is 5.91. The van der Waals surface area contributed by atoms with E-state index in [4.69, 9.17) is 11.6 Å². The molecule has 10 heteroatoms. The Kier molecular flexibility index (Phi) is 5.80. The molecule has 1 aliphatic carbocycles. The van der Waals surface area contributed by atoms with Crippen LogP contribution in [0.3, 0.4) is 0 Å². The van der Waals surface area contributed by atoms with Crippen molar-refractivity contribution in [2.24, 2.45) is 0 Å². The summed E-state index contributed by atoms with van der Waals surface area (Å²) >= 11 is 5.99. The number of nitrogens with zero attached hydrogens (tertiary/aromatic N) is 3. The van der Waals surface area contributed by atoms with Crippen LogP contribution in [-0.4, -0.2) is 58.4 Å². The first kappa shape index (κ1) is 24.1. The number of benzene rings is 2. The molecule has 4 fully saturated rings. The van der Waals surface area contributed by atoms with Crippen molar-refractivity contribution in [3.63, 3.8) is 0 Å². The summed E-state index contributed by atoms with van der Waals surface area (Å²) in [6.07, 6.45) is 5.70. The van der Waals surface area contributed by atoms with Crippen molar-refractivity contribution in [2.45, 2.75) is 49.9 Å². The Balaban J connectivity index is 1.19. The summed E-state index contributed by atoms with van der Waals surface area (Å²) in [6, 6.07) is 8.33. The third-order valence-corrected chi connectivity index (χ3v) is 8.05. The molecule has 2 unspecified atom stereocenters. The number of piperazine rings is 1. The Morgan fingerprint density at radius 2 is 1.76 bits per heavy atom. The Morgan fingerprint density at radius 3 is 2.38 bits per heavy atom. The molecule has 2 aromatic carbocycles. The molecule has 1 spiro atoms. The van der Waals surface area contributed by atoms with E-state index in [0.29, 0.717) is 32.5 Å². The minimum atomic E-state index is -0.873. The molecule has 3 saturated heterocycles. The monoisotopic (exact) mass is 526 g/mol. The number of carbonyl (C=O) groups is 3. The molecule has 4 amide bonds. The molecule has 7 nitrogen and oxygen atoms in total. The molecule has 2 atom stereocenters. The summed E-state index contributed by atoms with van der Waals surface area (Å²) in [5, 5.41) is 2.49. The maximum absolute atomic E-state index is 14.4. The van der Waals surface area contributed by atoms with Crippen LogP contribution in [0.15, 0.2) is 42.5 Å². The summed E-state index contributed by atoms with van der Waals surface area (Å²) in [6.45, 7) is 2.10. The quantitative estimate of drug-likeness (QED) is 0.470. The lowest BCUT2D eigenvalue weighted by molar-refractivity contribution is -0.131. The predicted molar refractivity (Wildman–Crippen MR) is 134 cm³/mol. The number of hydrogen-bond donors (Lipinski definition) is 1. The van der Waals surface area contributed by atoms with Crippen LogP contribution in [0, 0.1) is 11.6 Å². The molecule has 0 radical (unpaired) electrons. The van der Waals surface area contributed by atoms with Gasteiger partial charge in [-0.1, -0.05) is 23.7 Å². The highest BCUT2D eigenvalue weighted by Gasteiger charge is 2.60. The van der Waals surface area contributed by atoms with Gasteiger partial charge in [0.15, 0.2) is 0 Å². The number of hydrogen-bond acceptors (Lipinski definition) is 4. The van der Waals surface area contributed by atoms with Crippen LogP contribution >= 0.6 is 11.6 Å². The molecule has 0 aromatic heterocycles. The van der Waals surface area contributed by atoms with E-state index in [9.17, 15) is 23.2 Å². The molecule has 2 bridgehead atoms. The van der Waals surface area contributed by atoms with Gasteiger partial charge in [-0.2, -0.15) is 0 Å². The summed E-state index contributed by atoms with van der Waals surface area (Å²) in [5.74, 6) is -1.57. The first-order valence-electron chi connectivity index (χ1n) is 12.4. The lowest BCUT2D eigenvalue weighted by atomic mass is 10.1. The number of nitrogens with one attached hydrogen (secondary N) is 1. The molecule has 37 heavy (non-hydrogen) atoms. The van der Waals surface area contributed by atoms with Gasteiger partial charge < -0.3 is 10.2 Å². The molecule has 1 N–H and O–H groups in total. The highest BCUT2D eigenvalue weighted by atomic mass is 35.5. The third-order valence-electron chi connectivity index (χ3n) is 7.76. The average molecular weight is 527 g/mol. The van der Waals surface area contributed by atoms with Gasteiger partial charge in [0, 0.05) is 43.4 Å². The Bertz CT molecular complexity index is 1310. The van der Waals surface area contributed by atoms with Crippen molar-refractivity contribution in [1.82, 2.24) is 15.1 Å². The topological polar surface area (TPSA) is 73.0 Å². The first-order valence-corrected chi connectivity index (χ1v) is 12.7. The van der Waals surface area contributed by atoms with Crippen molar-refractivity contribution < 1.29 is 23.2 Å². The van der Waals surface area contributed by atoms with Crippen molar-refractivity contribution >= 4 is 41.2 Å². The molecule has 4 aliphatic rings. The second-order valence-corrected chi connectivity index (χ2v) is 10.7. The zero-order valence-electron chi connectivity index (χ0n) is 19.9. The average Bonchev–Trinajstić information content (AvgIpc) is 3.53. The number of fused-ring (bicyclic) bond motifs is 2. The van der Waals surface area contributed by atoms with E-state index in [1.54, 1.807) is 12.1 Å². The van der Waals surface area contributed by atoms with E-state index in [1.807, 2.05) is 4.90 Å². The fraction of sp³-hybridized carbons (Fsp3) is 0.370. The molecular formula is C27H25ClF2N4O3. The van der Waals surface area contributed by atoms with Gasteiger partial charge in [0.05, 0.1) is 10.7 Å². The first-order chi connectivity index (χ1) is 17.7. The second kappa shape index (κ2) is 8.92. The largest absolute Gasteiger partial charge is 0.331 e. The van der Waals surface area contributed by atoms with E-state index in [-0.39, 0.29) is 40.1 Å². The second-order valence-electron chi connectivity index (χ2n) is 10.3.